The van der Waals surface area contributed by atoms with Crippen molar-refractivity contribution < 1.29 is 14.3 Å². The average Bonchev–Trinajstić information content (AvgIpc) is 2.55. The number of aliphatic hydroxyl groups excluding tert-OH is 1. The summed E-state index contributed by atoms with van der Waals surface area (Å²) in [4.78, 5) is 11.7. The van der Waals surface area contributed by atoms with Gasteiger partial charge in [-0.05, 0) is 23.8 Å². The molecule has 0 heterocycles. The summed E-state index contributed by atoms with van der Waals surface area (Å²) in [5, 5.41) is 13.1. The highest BCUT2D eigenvalue weighted by molar-refractivity contribution is 6.31. The number of carbonyl (C=O) groups excluding carboxylic acids is 1. The van der Waals surface area contributed by atoms with Crippen LogP contribution in [0.15, 0.2) is 54.6 Å². The molecule has 0 bridgehead atoms. The zero-order chi connectivity index (χ0) is 16.7. The third kappa shape index (κ3) is 5.51. The van der Waals surface area contributed by atoms with Gasteiger partial charge in [-0.1, -0.05) is 54.1 Å². The first-order chi connectivity index (χ1) is 11.1. The first-order valence-corrected chi connectivity index (χ1v) is 7.55. The van der Waals surface area contributed by atoms with Crippen molar-refractivity contribution in [3.8, 4) is 0 Å². The Morgan fingerprint density at radius 3 is 2.61 bits per heavy atom. The van der Waals surface area contributed by atoms with Crippen LogP contribution in [0.5, 0.6) is 0 Å². The molecule has 2 aromatic rings. The summed E-state index contributed by atoms with van der Waals surface area (Å²) in [6.07, 6.45) is 2.74. The third-order valence-electron chi connectivity index (χ3n) is 3.24. The number of halogens is 2. The number of nitrogens with one attached hydrogen (secondary N) is 1. The van der Waals surface area contributed by atoms with Crippen molar-refractivity contribution in [1.29, 1.82) is 0 Å². The molecular weight excluding hydrogens is 317 g/mol. The predicted octanol–water partition coefficient (Wildman–Crippen LogP) is 3.73. The van der Waals surface area contributed by atoms with E-state index in [2.05, 4.69) is 5.32 Å². The van der Waals surface area contributed by atoms with Gasteiger partial charge < -0.3 is 10.4 Å². The SMILES string of the molecule is O=C(C/C=C/c1ccc(F)cc1)NCC(O)c1ccccc1Cl. The number of aliphatic hydroxyl groups is 1. The van der Waals surface area contributed by atoms with E-state index in [1.807, 2.05) is 0 Å². The van der Waals surface area contributed by atoms with E-state index in [1.54, 1.807) is 48.6 Å². The van der Waals surface area contributed by atoms with Crippen molar-refractivity contribution in [3.05, 3.63) is 76.6 Å². The van der Waals surface area contributed by atoms with E-state index in [0.29, 0.717) is 10.6 Å². The summed E-state index contributed by atoms with van der Waals surface area (Å²) in [5.74, 6) is -0.511. The fourth-order valence-electron chi connectivity index (χ4n) is 2.01. The van der Waals surface area contributed by atoms with Gasteiger partial charge in [0, 0.05) is 23.6 Å². The Morgan fingerprint density at radius 1 is 1.22 bits per heavy atom. The molecule has 1 amide bonds. The van der Waals surface area contributed by atoms with Gasteiger partial charge in [-0.3, -0.25) is 4.79 Å². The molecule has 0 aliphatic carbocycles. The smallest absolute Gasteiger partial charge is 0.223 e. The highest BCUT2D eigenvalue weighted by Gasteiger charge is 2.11. The van der Waals surface area contributed by atoms with E-state index >= 15 is 0 Å². The van der Waals surface area contributed by atoms with Crippen LogP contribution in [0.1, 0.15) is 23.7 Å². The summed E-state index contributed by atoms with van der Waals surface area (Å²) in [5.41, 5.74) is 1.40. The predicted molar refractivity (Wildman–Crippen MR) is 89.5 cm³/mol. The van der Waals surface area contributed by atoms with E-state index < -0.39 is 6.10 Å². The molecule has 120 valence electrons. The number of rotatable bonds is 6. The van der Waals surface area contributed by atoms with Gasteiger partial charge in [-0.15, -0.1) is 0 Å². The first kappa shape index (κ1) is 17.2. The van der Waals surface area contributed by atoms with Crippen molar-refractivity contribution in [2.45, 2.75) is 12.5 Å². The molecule has 23 heavy (non-hydrogen) atoms. The van der Waals surface area contributed by atoms with E-state index in [4.69, 9.17) is 11.6 Å². The normalized spacial score (nSPS) is 12.3. The molecule has 0 fully saturated rings. The summed E-state index contributed by atoms with van der Waals surface area (Å²) in [6.45, 7) is 0.0902. The Balaban J connectivity index is 1.79. The molecule has 0 radical (unpaired) electrons. The molecule has 1 unspecified atom stereocenters. The lowest BCUT2D eigenvalue weighted by molar-refractivity contribution is -0.120. The molecule has 5 heteroatoms. The molecule has 0 aromatic heterocycles. The van der Waals surface area contributed by atoms with Crippen molar-refractivity contribution in [2.24, 2.45) is 0 Å². The third-order valence-corrected chi connectivity index (χ3v) is 3.58. The first-order valence-electron chi connectivity index (χ1n) is 7.17. The minimum Gasteiger partial charge on any atom is -0.387 e. The van der Waals surface area contributed by atoms with E-state index in [9.17, 15) is 14.3 Å². The van der Waals surface area contributed by atoms with Crippen molar-refractivity contribution in [3.63, 3.8) is 0 Å². The van der Waals surface area contributed by atoms with Gasteiger partial charge in [0.15, 0.2) is 0 Å². The lowest BCUT2D eigenvalue weighted by Gasteiger charge is -2.13. The maximum atomic E-state index is 12.8. The molecule has 2 rings (SSSR count). The highest BCUT2D eigenvalue weighted by Crippen LogP contribution is 2.21. The average molecular weight is 334 g/mol. The summed E-state index contributed by atoms with van der Waals surface area (Å²) >= 11 is 5.99. The quantitative estimate of drug-likeness (QED) is 0.846. The topological polar surface area (TPSA) is 49.3 Å². The van der Waals surface area contributed by atoms with Crippen LogP contribution in [0, 0.1) is 5.82 Å². The van der Waals surface area contributed by atoms with E-state index in [-0.39, 0.29) is 24.7 Å². The van der Waals surface area contributed by atoms with Crippen LogP contribution in [0.25, 0.3) is 6.08 Å². The fraction of sp³-hybridized carbons (Fsp3) is 0.167. The summed E-state index contributed by atoms with van der Waals surface area (Å²) in [7, 11) is 0. The molecular formula is C18H17ClFNO2. The number of hydrogen-bond acceptors (Lipinski definition) is 2. The second kappa shape index (κ2) is 8.46. The molecule has 3 nitrogen and oxygen atoms in total. The van der Waals surface area contributed by atoms with Crippen molar-refractivity contribution in [2.75, 3.05) is 6.54 Å². The molecule has 0 saturated heterocycles. The van der Waals surface area contributed by atoms with Crippen LogP contribution in [0.2, 0.25) is 5.02 Å². The van der Waals surface area contributed by atoms with Gasteiger partial charge in [-0.2, -0.15) is 0 Å². The van der Waals surface area contributed by atoms with Gasteiger partial charge in [0.2, 0.25) is 5.91 Å². The lowest BCUT2D eigenvalue weighted by atomic mass is 10.1. The second-order valence-corrected chi connectivity index (χ2v) is 5.41. The summed E-state index contributed by atoms with van der Waals surface area (Å²) in [6, 6.07) is 12.9. The monoisotopic (exact) mass is 333 g/mol. The molecule has 1 atom stereocenters. The second-order valence-electron chi connectivity index (χ2n) is 5.00. The maximum Gasteiger partial charge on any atom is 0.223 e. The Kier molecular flexibility index (Phi) is 6.32. The molecule has 2 N–H and O–H groups in total. The number of hydrogen-bond donors (Lipinski definition) is 2. The zero-order valence-electron chi connectivity index (χ0n) is 12.4. The Bertz CT molecular complexity index is 686. The molecule has 0 aliphatic heterocycles. The van der Waals surface area contributed by atoms with Gasteiger partial charge in [-0.25, -0.2) is 4.39 Å². The number of benzene rings is 2. The van der Waals surface area contributed by atoms with Crippen LogP contribution in [-0.4, -0.2) is 17.6 Å². The number of amides is 1. The van der Waals surface area contributed by atoms with Crippen LogP contribution in [0.3, 0.4) is 0 Å². The minimum absolute atomic E-state index is 0.0902. The van der Waals surface area contributed by atoms with Gasteiger partial charge in [0.1, 0.15) is 5.82 Å². The standard InChI is InChI=1S/C18H17ClFNO2/c19-16-6-2-1-5-15(16)17(22)12-21-18(23)7-3-4-13-8-10-14(20)11-9-13/h1-6,8-11,17,22H,7,12H2,(H,21,23)/b4-3+. The Morgan fingerprint density at radius 2 is 1.91 bits per heavy atom. The van der Waals surface area contributed by atoms with Crippen LogP contribution >= 0.6 is 11.6 Å². The fourth-order valence-corrected chi connectivity index (χ4v) is 2.28. The molecule has 0 aliphatic rings. The Labute approximate surface area is 139 Å². The summed E-state index contributed by atoms with van der Waals surface area (Å²) < 4.78 is 12.8. The lowest BCUT2D eigenvalue weighted by Crippen LogP contribution is -2.27. The number of carbonyl (C=O) groups is 1. The Hall–Kier alpha value is -2.17. The van der Waals surface area contributed by atoms with Crippen molar-refractivity contribution >= 4 is 23.6 Å². The van der Waals surface area contributed by atoms with Gasteiger partial charge in [0.05, 0.1) is 6.10 Å². The van der Waals surface area contributed by atoms with Crippen molar-refractivity contribution in [1.82, 2.24) is 5.32 Å². The molecule has 0 saturated carbocycles. The van der Waals surface area contributed by atoms with Crippen LogP contribution in [0.4, 0.5) is 4.39 Å². The maximum absolute atomic E-state index is 12.8. The van der Waals surface area contributed by atoms with Gasteiger partial charge >= 0.3 is 0 Å². The van der Waals surface area contributed by atoms with Crippen LogP contribution in [-0.2, 0) is 4.79 Å². The van der Waals surface area contributed by atoms with E-state index in [1.165, 1.54) is 12.1 Å². The zero-order valence-corrected chi connectivity index (χ0v) is 13.1. The highest BCUT2D eigenvalue weighted by atomic mass is 35.5. The molecule has 2 aromatic carbocycles. The van der Waals surface area contributed by atoms with E-state index in [0.717, 1.165) is 5.56 Å². The molecule has 0 spiro atoms. The van der Waals surface area contributed by atoms with Crippen LogP contribution < -0.4 is 5.32 Å². The largest absolute Gasteiger partial charge is 0.387 e. The van der Waals surface area contributed by atoms with Gasteiger partial charge in [0.25, 0.3) is 0 Å². The minimum atomic E-state index is -0.853.